The Hall–Kier alpha value is -0.450. The molecule has 0 heterocycles. The van der Waals surface area contributed by atoms with E-state index in [1.807, 2.05) is 30.3 Å². The van der Waals surface area contributed by atoms with Crippen LogP contribution >= 0.6 is 35.0 Å². The molecule has 2 rings (SSSR count). The number of allylic oxidation sites excluding steroid dienone is 2. The van der Waals surface area contributed by atoms with Crippen molar-refractivity contribution in [1.29, 1.82) is 0 Å². The Labute approximate surface area is 114 Å². The molecule has 1 aromatic carbocycles. The molecule has 0 spiro atoms. The molecule has 0 saturated carbocycles. The highest BCUT2D eigenvalue weighted by molar-refractivity contribution is 8.03. The van der Waals surface area contributed by atoms with Gasteiger partial charge in [-0.1, -0.05) is 53.2 Å². The maximum atomic E-state index is 9.79. The van der Waals surface area contributed by atoms with E-state index < -0.39 is 10.1 Å². The number of thioether (sulfide) groups is 1. The van der Waals surface area contributed by atoms with Gasteiger partial charge in [-0.3, -0.25) is 0 Å². The molecule has 1 aromatic rings. The van der Waals surface area contributed by atoms with Gasteiger partial charge in [0.2, 0.25) is 5.79 Å². The highest BCUT2D eigenvalue weighted by Gasteiger charge is 2.35. The lowest BCUT2D eigenvalue weighted by Gasteiger charge is -2.28. The fourth-order valence-electron chi connectivity index (χ4n) is 1.36. The van der Waals surface area contributed by atoms with E-state index in [4.69, 9.17) is 23.2 Å². The molecule has 0 fully saturated rings. The molecule has 0 radical (unpaired) electrons. The number of benzene rings is 1. The van der Waals surface area contributed by atoms with Crippen molar-refractivity contribution in [3.05, 3.63) is 53.5 Å². The van der Waals surface area contributed by atoms with Crippen LogP contribution in [0.5, 0.6) is 0 Å². The van der Waals surface area contributed by atoms with Crippen LogP contribution in [0.1, 0.15) is 0 Å². The average molecular weight is 289 g/mol. The predicted octanol–water partition coefficient (Wildman–Crippen LogP) is 3.09. The van der Waals surface area contributed by atoms with Gasteiger partial charge in [0, 0.05) is 4.90 Å². The topological polar surface area (TPSA) is 40.5 Å². The van der Waals surface area contributed by atoms with E-state index in [0.717, 1.165) is 4.90 Å². The summed E-state index contributed by atoms with van der Waals surface area (Å²) >= 11 is 13.1. The number of aliphatic hydroxyl groups is 2. The smallest absolute Gasteiger partial charge is 0.216 e. The van der Waals surface area contributed by atoms with E-state index in [1.54, 1.807) is 0 Å². The van der Waals surface area contributed by atoms with Crippen LogP contribution in [-0.4, -0.2) is 20.3 Å². The van der Waals surface area contributed by atoms with E-state index in [0.29, 0.717) is 0 Å². The van der Waals surface area contributed by atoms with Crippen LogP contribution in [0.3, 0.4) is 0 Å². The molecular formula is C12H10Cl2O2S. The molecule has 1 aliphatic rings. The number of halogens is 2. The molecule has 90 valence electrons. The summed E-state index contributed by atoms with van der Waals surface area (Å²) in [5, 5.41) is 19.6. The summed E-state index contributed by atoms with van der Waals surface area (Å²) in [7, 11) is 0. The summed E-state index contributed by atoms with van der Waals surface area (Å²) in [6.45, 7) is 0. The largest absolute Gasteiger partial charge is 0.358 e. The number of hydrogen-bond donors (Lipinski definition) is 2. The molecule has 0 aliphatic heterocycles. The minimum atomic E-state index is -2.02. The maximum Gasteiger partial charge on any atom is 0.216 e. The average Bonchev–Trinajstić information content (AvgIpc) is 2.26. The second-order valence-electron chi connectivity index (χ2n) is 3.66. The van der Waals surface area contributed by atoms with Crippen LogP contribution in [0.2, 0.25) is 0 Å². The van der Waals surface area contributed by atoms with Gasteiger partial charge in [-0.25, -0.2) is 0 Å². The van der Waals surface area contributed by atoms with Crippen LogP contribution in [0.25, 0.3) is 0 Å². The van der Waals surface area contributed by atoms with E-state index in [1.165, 1.54) is 30.0 Å². The van der Waals surface area contributed by atoms with Gasteiger partial charge in [-0.15, -0.1) is 0 Å². The zero-order chi connectivity index (χ0) is 12.5. The van der Waals surface area contributed by atoms with Crippen molar-refractivity contribution in [3.8, 4) is 0 Å². The predicted molar refractivity (Wildman–Crippen MR) is 71.1 cm³/mol. The Morgan fingerprint density at radius 2 is 1.65 bits per heavy atom. The highest BCUT2D eigenvalue weighted by Crippen LogP contribution is 2.41. The van der Waals surface area contributed by atoms with Crippen LogP contribution in [0.15, 0.2) is 58.4 Å². The van der Waals surface area contributed by atoms with Gasteiger partial charge in [0.05, 0.1) is 4.91 Å². The summed E-state index contributed by atoms with van der Waals surface area (Å²) in [6, 6.07) is 9.35. The lowest BCUT2D eigenvalue weighted by atomic mass is 10.1. The van der Waals surface area contributed by atoms with Crippen LogP contribution in [0.4, 0.5) is 0 Å². The first-order chi connectivity index (χ1) is 7.89. The van der Waals surface area contributed by atoms with E-state index in [-0.39, 0.29) is 4.91 Å². The minimum absolute atomic E-state index is 0.288. The van der Waals surface area contributed by atoms with Gasteiger partial charge < -0.3 is 10.2 Å². The van der Waals surface area contributed by atoms with Gasteiger partial charge in [-0.05, 0) is 30.4 Å². The third-order valence-electron chi connectivity index (χ3n) is 2.20. The molecule has 0 aromatic heterocycles. The summed E-state index contributed by atoms with van der Waals surface area (Å²) in [5.41, 5.74) is 0. The van der Waals surface area contributed by atoms with E-state index in [2.05, 4.69) is 0 Å². The zero-order valence-corrected chi connectivity index (χ0v) is 11.0. The molecular weight excluding hydrogens is 279 g/mol. The Bertz CT molecular complexity index is 467. The molecule has 2 N–H and O–H groups in total. The van der Waals surface area contributed by atoms with Crippen molar-refractivity contribution >= 4 is 35.0 Å². The van der Waals surface area contributed by atoms with Gasteiger partial charge in [0.25, 0.3) is 0 Å². The lowest BCUT2D eigenvalue weighted by Crippen LogP contribution is -2.31. The Morgan fingerprint density at radius 3 is 2.29 bits per heavy atom. The molecule has 0 unspecified atom stereocenters. The summed E-state index contributed by atoms with van der Waals surface area (Å²) < 4.78 is -1.20. The van der Waals surface area contributed by atoms with Crippen molar-refractivity contribution in [2.75, 3.05) is 0 Å². The first kappa shape index (κ1) is 13.0. The SMILES string of the molecule is OC1(O)C=CC(Cl)(Cl)C=C1Sc1ccccc1. The zero-order valence-electron chi connectivity index (χ0n) is 8.68. The van der Waals surface area contributed by atoms with Crippen LogP contribution < -0.4 is 0 Å². The van der Waals surface area contributed by atoms with Crippen LogP contribution in [-0.2, 0) is 0 Å². The second-order valence-corrected chi connectivity index (χ2v) is 6.22. The van der Waals surface area contributed by atoms with Crippen molar-refractivity contribution in [1.82, 2.24) is 0 Å². The fraction of sp³-hybridized carbons (Fsp3) is 0.167. The highest BCUT2D eigenvalue weighted by atomic mass is 35.5. The van der Waals surface area contributed by atoms with Gasteiger partial charge in [0.15, 0.2) is 4.33 Å². The van der Waals surface area contributed by atoms with Gasteiger partial charge in [0.1, 0.15) is 0 Å². The molecule has 1 aliphatic carbocycles. The van der Waals surface area contributed by atoms with Crippen molar-refractivity contribution in [2.45, 2.75) is 15.0 Å². The standard InChI is InChI=1S/C12H10Cl2O2S/c13-11(14)6-7-12(15,16)10(8-11)17-9-4-2-1-3-5-9/h1-8,15-16H. The van der Waals surface area contributed by atoms with E-state index in [9.17, 15) is 10.2 Å². The molecule has 0 atom stereocenters. The molecule has 5 heteroatoms. The molecule has 0 saturated heterocycles. The normalized spacial score (nSPS) is 21.1. The van der Waals surface area contributed by atoms with Crippen molar-refractivity contribution in [3.63, 3.8) is 0 Å². The first-order valence-electron chi connectivity index (χ1n) is 4.88. The van der Waals surface area contributed by atoms with E-state index >= 15 is 0 Å². The van der Waals surface area contributed by atoms with Gasteiger partial charge in [-0.2, -0.15) is 0 Å². The minimum Gasteiger partial charge on any atom is -0.358 e. The second kappa shape index (κ2) is 4.67. The van der Waals surface area contributed by atoms with Crippen LogP contribution in [0, 0.1) is 0 Å². The quantitative estimate of drug-likeness (QED) is 0.499. The number of hydrogen-bond acceptors (Lipinski definition) is 3. The fourth-order valence-corrected chi connectivity index (χ4v) is 2.84. The Kier molecular flexibility index (Phi) is 3.57. The summed E-state index contributed by atoms with van der Waals surface area (Å²) in [4.78, 5) is 1.17. The third-order valence-corrected chi connectivity index (χ3v) is 3.81. The van der Waals surface area contributed by atoms with Gasteiger partial charge >= 0.3 is 0 Å². The Morgan fingerprint density at radius 1 is 1.00 bits per heavy atom. The first-order valence-corrected chi connectivity index (χ1v) is 6.45. The number of rotatable bonds is 2. The van der Waals surface area contributed by atoms with Crippen molar-refractivity contribution < 1.29 is 10.2 Å². The summed E-state index contributed by atoms with van der Waals surface area (Å²) in [6.07, 6.45) is 3.94. The Balaban J connectivity index is 2.28. The molecule has 2 nitrogen and oxygen atoms in total. The maximum absolute atomic E-state index is 9.79. The lowest BCUT2D eigenvalue weighted by molar-refractivity contribution is -0.0787. The van der Waals surface area contributed by atoms with Crippen molar-refractivity contribution in [2.24, 2.45) is 0 Å². The molecule has 17 heavy (non-hydrogen) atoms. The molecule has 0 bridgehead atoms. The number of alkyl halides is 2. The third kappa shape index (κ3) is 3.27. The summed E-state index contributed by atoms with van der Waals surface area (Å²) in [5.74, 6) is -2.02. The molecule has 0 amide bonds. The monoisotopic (exact) mass is 288 g/mol.